The maximum Gasteiger partial charge on any atom is 0.327 e. The van der Waals surface area contributed by atoms with Crippen molar-refractivity contribution >= 4 is 54.1 Å². The van der Waals surface area contributed by atoms with Gasteiger partial charge in [-0.2, -0.15) is 0 Å². The highest BCUT2D eigenvalue weighted by atomic mass is 16.4. The molecule has 0 atom stereocenters. The van der Waals surface area contributed by atoms with Gasteiger partial charge in [0.05, 0.1) is 22.4 Å². The summed E-state index contributed by atoms with van der Waals surface area (Å²) in [7, 11) is 0. The van der Waals surface area contributed by atoms with Crippen molar-refractivity contribution in [2.75, 3.05) is 0 Å². The Kier molecular flexibility index (Phi) is 8.41. The molecule has 0 fully saturated rings. The Morgan fingerprint density at radius 2 is 0.618 bits per heavy atom. The molecule has 4 heterocycles. The summed E-state index contributed by atoms with van der Waals surface area (Å²) in [6.45, 7) is 0. The molecule has 0 aliphatic carbocycles. The lowest BCUT2D eigenvalue weighted by Crippen LogP contribution is -2.00. The van der Waals surface area contributed by atoms with E-state index in [-0.39, 0.29) is 0 Å². The van der Waals surface area contributed by atoms with Gasteiger partial charge in [0.25, 0.3) is 0 Å². The summed E-state index contributed by atoms with van der Waals surface area (Å²) in [4.78, 5) is 0. The monoisotopic (exact) mass is 872 g/mol. The number of hydrogen-bond acceptors (Lipinski definition) is 6. The maximum absolute atomic E-state index is 6.74. The van der Waals surface area contributed by atoms with Crippen LogP contribution in [0.1, 0.15) is 0 Å². The highest BCUT2D eigenvalue weighted by Gasteiger charge is 2.30. The van der Waals surface area contributed by atoms with E-state index in [1.807, 2.05) is 72.8 Å². The second-order valence-corrected chi connectivity index (χ2v) is 17.1. The molecule has 14 aromatic rings. The van der Waals surface area contributed by atoms with E-state index in [1.165, 1.54) is 0 Å². The third kappa shape index (κ3) is 5.74. The molecular weight excluding hydrogens is 837 g/mol. The van der Waals surface area contributed by atoms with Crippen LogP contribution in [0.25, 0.3) is 134 Å². The fraction of sp³-hybridized carbons (Fsp3) is 0. The van der Waals surface area contributed by atoms with E-state index in [9.17, 15) is 0 Å². The highest BCUT2D eigenvalue weighted by Crippen LogP contribution is 2.51. The molecule has 0 spiro atoms. The predicted molar refractivity (Wildman–Crippen MR) is 272 cm³/mol. The Bertz CT molecular complexity index is 3890. The SMILES string of the molecule is c1ccc(-c2nnc(-n3c(-c4ccccc4)c(-c4ccccc4)c4cc5ccc6c7c(ccc(c57)c43)cc3c(-c4ccccc4)c(-c4ccccc4)n(-c4nnc(-c5ccccc5)o4)c36)o2)cc1. The predicted octanol–water partition coefficient (Wildman–Crippen LogP) is 15.2. The normalized spacial score (nSPS) is 11.8. The van der Waals surface area contributed by atoms with Crippen molar-refractivity contribution in [3.05, 3.63) is 218 Å². The van der Waals surface area contributed by atoms with Crippen LogP contribution in [0.15, 0.2) is 227 Å². The molecule has 0 radical (unpaired) electrons. The van der Waals surface area contributed by atoms with Gasteiger partial charge >= 0.3 is 12.0 Å². The first-order valence-corrected chi connectivity index (χ1v) is 22.6. The fourth-order valence-electron chi connectivity index (χ4n) is 10.4. The molecular formula is C60H36N6O2. The van der Waals surface area contributed by atoms with Crippen molar-refractivity contribution in [3.8, 4) is 79.7 Å². The molecule has 0 N–H and O–H groups in total. The smallest absolute Gasteiger partial charge is 0.327 e. The van der Waals surface area contributed by atoms with Crippen molar-refractivity contribution < 1.29 is 8.83 Å². The van der Waals surface area contributed by atoms with Crippen molar-refractivity contribution in [3.63, 3.8) is 0 Å². The van der Waals surface area contributed by atoms with Gasteiger partial charge in [0.1, 0.15) is 0 Å². The lowest BCUT2D eigenvalue weighted by atomic mass is 9.89. The van der Waals surface area contributed by atoms with Crippen molar-refractivity contribution in [2.24, 2.45) is 0 Å². The van der Waals surface area contributed by atoms with E-state index in [4.69, 9.17) is 19.0 Å². The summed E-state index contributed by atoms with van der Waals surface area (Å²) in [5.41, 5.74) is 12.0. The molecule has 0 saturated heterocycles. The second kappa shape index (κ2) is 15.1. The van der Waals surface area contributed by atoms with Crippen LogP contribution in [-0.2, 0) is 0 Å². The molecule has 318 valence electrons. The molecule has 10 aromatic carbocycles. The quantitative estimate of drug-likeness (QED) is 0.141. The van der Waals surface area contributed by atoms with Gasteiger partial charge in [-0.1, -0.05) is 192 Å². The van der Waals surface area contributed by atoms with Crippen LogP contribution >= 0.6 is 0 Å². The lowest BCUT2D eigenvalue weighted by Gasteiger charge is -2.15. The molecule has 0 amide bonds. The Labute approximate surface area is 389 Å². The number of rotatable bonds is 8. The van der Waals surface area contributed by atoms with Crippen molar-refractivity contribution in [1.29, 1.82) is 0 Å². The molecule has 0 unspecified atom stereocenters. The van der Waals surface area contributed by atoms with Crippen molar-refractivity contribution in [1.82, 2.24) is 29.5 Å². The number of nitrogens with zero attached hydrogens (tertiary/aromatic N) is 6. The summed E-state index contributed by atoms with van der Waals surface area (Å²) in [6.07, 6.45) is 0. The first kappa shape index (κ1) is 37.9. The summed E-state index contributed by atoms with van der Waals surface area (Å²) >= 11 is 0. The number of hydrogen-bond donors (Lipinski definition) is 0. The molecule has 0 aliphatic rings. The third-order valence-corrected chi connectivity index (χ3v) is 13.2. The molecule has 14 rings (SSSR count). The molecule has 8 heteroatoms. The molecule has 4 aromatic heterocycles. The fourth-order valence-corrected chi connectivity index (χ4v) is 10.4. The van der Waals surface area contributed by atoms with Gasteiger partial charge < -0.3 is 8.83 Å². The van der Waals surface area contributed by atoms with Gasteiger partial charge in [0, 0.05) is 43.8 Å². The van der Waals surface area contributed by atoms with Gasteiger partial charge in [0.2, 0.25) is 11.8 Å². The molecule has 0 saturated carbocycles. The zero-order valence-electron chi connectivity index (χ0n) is 36.3. The Morgan fingerprint density at radius 3 is 0.971 bits per heavy atom. The Morgan fingerprint density at radius 1 is 0.294 bits per heavy atom. The first-order chi connectivity index (χ1) is 33.8. The minimum Gasteiger partial charge on any atom is -0.403 e. The van der Waals surface area contributed by atoms with E-state index in [2.05, 4.69) is 165 Å². The number of benzene rings is 10. The van der Waals surface area contributed by atoms with Gasteiger partial charge in [-0.15, -0.1) is 10.2 Å². The van der Waals surface area contributed by atoms with Gasteiger partial charge in [-0.25, -0.2) is 0 Å². The second-order valence-electron chi connectivity index (χ2n) is 17.1. The summed E-state index contributed by atoms with van der Waals surface area (Å²) < 4.78 is 17.8. The van der Waals surface area contributed by atoms with Gasteiger partial charge in [-0.05, 0) is 80.2 Å². The summed E-state index contributed by atoms with van der Waals surface area (Å²) in [6, 6.07) is 76.6. The van der Waals surface area contributed by atoms with Crippen LogP contribution in [0, 0.1) is 0 Å². The average molecular weight is 873 g/mol. The van der Waals surface area contributed by atoms with Crippen LogP contribution in [-0.4, -0.2) is 29.5 Å². The van der Waals surface area contributed by atoms with Crippen LogP contribution in [0.3, 0.4) is 0 Å². The lowest BCUT2D eigenvalue weighted by molar-refractivity contribution is 0.543. The third-order valence-electron chi connectivity index (χ3n) is 13.2. The zero-order chi connectivity index (χ0) is 44.7. The highest BCUT2D eigenvalue weighted by molar-refractivity contribution is 6.35. The van der Waals surface area contributed by atoms with Crippen LogP contribution in [0.5, 0.6) is 0 Å². The van der Waals surface area contributed by atoms with E-state index in [1.54, 1.807) is 0 Å². The minimum atomic E-state index is 0.381. The molecule has 68 heavy (non-hydrogen) atoms. The van der Waals surface area contributed by atoms with Gasteiger partial charge in [-0.3, -0.25) is 9.13 Å². The van der Waals surface area contributed by atoms with E-state index in [0.29, 0.717) is 23.8 Å². The zero-order valence-corrected chi connectivity index (χ0v) is 36.3. The first-order valence-electron chi connectivity index (χ1n) is 22.6. The van der Waals surface area contributed by atoms with E-state index >= 15 is 0 Å². The summed E-state index contributed by atoms with van der Waals surface area (Å²) in [5.74, 6) is 0.895. The van der Waals surface area contributed by atoms with Crippen LogP contribution < -0.4 is 0 Å². The van der Waals surface area contributed by atoms with Gasteiger partial charge in [0.15, 0.2) is 0 Å². The maximum atomic E-state index is 6.74. The van der Waals surface area contributed by atoms with Crippen LogP contribution in [0.2, 0.25) is 0 Å². The molecule has 8 nitrogen and oxygen atoms in total. The average Bonchev–Trinajstić information content (AvgIpc) is 4.23. The molecule has 0 aliphatic heterocycles. The van der Waals surface area contributed by atoms with Crippen LogP contribution in [0.4, 0.5) is 0 Å². The number of fused-ring (bicyclic) bond motifs is 4. The summed E-state index contributed by atoms with van der Waals surface area (Å²) in [5, 5.41) is 27.7. The largest absolute Gasteiger partial charge is 0.403 e. The topological polar surface area (TPSA) is 87.7 Å². The Hall–Kier alpha value is -9.40. The van der Waals surface area contributed by atoms with E-state index < -0.39 is 0 Å². The standard InChI is InChI=1S/C60H36N6O2/c1-7-19-37(20-8-1)51-47-35-43-31-34-46-50-44(32-33-45(49(43)50)55(47)65(53(51)39-23-11-3-12-24-39)59-63-61-57(67-59)41-27-15-5-16-28-41)36-48-52(38-21-9-2-10-22-38)54(40-25-13-4-14-26-40)66(56(46)48)60-64-62-58(68-60)42-29-17-6-18-30-42/h1-36H. The van der Waals surface area contributed by atoms with Crippen molar-refractivity contribution in [2.45, 2.75) is 0 Å². The number of aromatic nitrogens is 6. The molecule has 0 bridgehead atoms. The van der Waals surface area contributed by atoms with E-state index in [0.717, 1.165) is 110 Å². The Balaban J connectivity index is 1.14. The minimum absolute atomic E-state index is 0.381.